The molecule has 124 valence electrons. The summed E-state index contributed by atoms with van der Waals surface area (Å²) in [6.07, 6.45) is -5.63. The molecule has 0 aliphatic rings. The van der Waals surface area contributed by atoms with Crippen LogP contribution in [0.3, 0.4) is 0 Å². The lowest BCUT2D eigenvalue weighted by atomic mass is 10.2. The number of hydrogen-bond donors (Lipinski definition) is 2. The molecule has 0 saturated carbocycles. The zero-order chi connectivity index (χ0) is 17.2. The maximum atomic E-state index is 12.4. The van der Waals surface area contributed by atoms with Gasteiger partial charge in [0.2, 0.25) is 11.8 Å². The zero-order valence-corrected chi connectivity index (χ0v) is 12.8. The van der Waals surface area contributed by atoms with Gasteiger partial charge in [0.25, 0.3) is 5.91 Å². The molecule has 0 fully saturated rings. The number of carbonyl (C=O) groups is 1. The highest BCUT2D eigenvalue weighted by molar-refractivity contribution is 6.30. The summed E-state index contributed by atoms with van der Waals surface area (Å²) >= 11 is 5.82. The van der Waals surface area contributed by atoms with Gasteiger partial charge in [-0.3, -0.25) is 10.1 Å². The van der Waals surface area contributed by atoms with Gasteiger partial charge < -0.3 is 9.72 Å². The molecular formula is C13H12ClF3N4O2. The van der Waals surface area contributed by atoms with E-state index in [1.54, 1.807) is 25.1 Å². The Hall–Kier alpha value is -2.29. The first-order valence-corrected chi connectivity index (χ1v) is 6.78. The average Bonchev–Trinajstić information content (AvgIpc) is 2.90. The number of aromatic nitrogens is 3. The number of aromatic amines is 1. The summed E-state index contributed by atoms with van der Waals surface area (Å²) in [4.78, 5) is 13.8. The number of amides is 1. The molecule has 2 N–H and O–H groups in total. The van der Waals surface area contributed by atoms with E-state index in [0.29, 0.717) is 10.8 Å². The Kier molecular flexibility index (Phi) is 4.79. The molecule has 1 heterocycles. The second kappa shape index (κ2) is 6.45. The first-order valence-electron chi connectivity index (χ1n) is 6.40. The first kappa shape index (κ1) is 17.1. The molecule has 0 aliphatic heterocycles. The number of nitrogens with zero attached hydrogens (tertiary/aromatic N) is 2. The number of alkyl halides is 3. The van der Waals surface area contributed by atoms with Crippen molar-refractivity contribution in [2.24, 2.45) is 0 Å². The average molecular weight is 349 g/mol. The molecule has 23 heavy (non-hydrogen) atoms. The van der Waals surface area contributed by atoms with Crippen molar-refractivity contribution in [2.45, 2.75) is 26.1 Å². The summed E-state index contributed by atoms with van der Waals surface area (Å²) < 4.78 is 42.6. The zero-order valence-electron chi connectivity index (χ0n) is 12.0. The van der Waals surface area contributed by atoms with Crippen LogP contribution in [-0.2, 0) is 11.0 Å². The van der Waals surface area contributed by atoms with Crippen molar-refractivity contribution in [3.05, 3.63) is 34.6 Å². The summed E-state index contributed by atoms with van der Waals surface area (Å²) in [5.74, 6) is -1.95. The number of H-pyrrole nitrogens is 1. The van der Waals surface area contributed by atoms with E-state index in [2.05, 4.69) is 15.5 Å². The Labute approximate surface area is 134 Å². The molecule has 6 nitrogen and oxygen atoms in total. The van der Waals surface area contributed by atoms with E-state index < -0.39 is 30.0 Å². The number of aryl methyl sites for hydroxylation is 1. The van der Waals surface area contributed by atoms with Crippen molar-refractivity contribution in [2.75, 3.05) is 5.32 Å². The van der Waals surface area contributed by atoms with Gasteiger partial charge in [0, 0.05) is 5.02 Å². The van der Waals surface area contributed by atoms with Gasteiger partial charge >= 0.3 is 6.18 Å². The second-order valence-corrected chi connectivity index (χ2v) is 5.12. The van der Waals surface area contributed by atoms with Gasteiger partial charge in [-0.05, 0) is 37.6 Å². The fraction of sp³-hybridized carbons (Fsp3) is 0.308. The molecule has 1 unspecified atom stereocenters. The lowest BCUT2D eigenvalue weighted by Crippen LogP contribution is -2.30. The summed E-state index contributed by atoms with van der Waals surface area (Å²) in [5, 5.41) is 8.81. The van der Waals surface area contributed by atoms with Crippen LogP contribution >= 0.6 is 11.6 Å². The van der Waals surface area contributed by atoms with Gasteiger partial charge in [-0.1, -0.05) is 11.6 Å². The Morgan fingerprint density at radius 1 is 1.39 bits per heavy atom. The number of rotatable bonds is 4. The molecule has 0 bridgehead atoms. The molecule has 1 aromatic heterocycles. The van der Waals surface area contributed by atoms with Crippen LogP contribution < -0.4 is 10.1 Å². The Morgan fingerprint density at radius 3 is 2.65 bits per heavy atom. The van der Waals surface area contributed by atoms with E-state index in [-0.39, 0.29) is 0 Å². The minimum absolute atomic E-state index is 0.411. The van der Waals surface area contributed by atoms with Gasteiger partial charge in [0.1, 0.15) is 5.75 Å². The van der Waals surface area contributed by atoms with Crippen molar-refractivity contribution in [1.82, 2.24) is 15.2 Å². The monoisotopic (exact) mass is 348 g/mol. The molecule has 2 aromatic rings. The Balaban J connectivity index is 2.01. The number of halogens is 4. The molecule has 1 atom stereocenters. The molecule has 0 aliphatic carbocycles. The summed E-state index contributed by atoms with van der Waals surface area (Å²) in [6, 6.07) is 4.85. The van der Waals surface area contributed by atoms with Crippen molar-refractivity contribution >= 4 is 23.5 Å². The minimum atomic E-state index is -4.67. The number of anilines is 1. The van der Waals surface area contributed by atoms with Crippen molar-refractivity contribution in [1.29, 1.82) is 0 Å². The van der Waals surface area contributed by atoms with E-state index >= 15 is 0 Å². The van der Waals surface area contributed by atoms with Crippen LogP contribution in [-0.4, -0.2) is 27.2 Å². The first-order chi connectivity index (χ1) is 10.7. The van der Waals surface area contributed by atoms with Gasteiger partial charge in [-0.25, -0.2) is 0 Å². The summed E-state index contributed by atoms with van der Waals surface area (Å²) in [6.45, 7) is 3.20. The molecule has 0 spiro atoms. The molecular weight excluding hydrogens is 337 g/mol. The highest BCUT2D eigenvalue weighted by Gasteiger charge is 2.35. The van der Waals surface area contributed by atoms with Crippen molar-refractivity contribution in [3.63, 3.8) is 0 Å². The number of ether oxygens (including phenoxy) is 1. The quantitative estimate of drug-likeness (QED) is 0.889. The van der Waals surface area contributed by atoms with E-state index in [0.717, 1.165) is 5.56 Å². The third-order valence-corrected chi connectivity index (χ3v) is 3.04. The van der Waals surface area contributed by atoms with Gasteiger partial charge in [-0.15, -0.1) is 10.2 Å². The van der Waals surface area contributed by atoms with Gasteiger partial charge in [0.15, 0.2) is 6.10 Å². The van der Waals surface area contributed by atoms with E-state index in [1.165, 1.54) is 6.92 Å². The summed E-state index contributed by atoms with van der Waals surface area (Å²) in [5.41, 5.74) is 0.719. The lowest BCUT2D eigenvalue weighted by molar-refractivity contribution is -0.144. The number of benzene rings is 1. The molecule has 0 radical (unpaired) electrons. The fourth-order valence-corrected chi connectivity index (χ4v) is 1.88. The fourth-order valence-electron chi connectivity index (χ4n) is 1.65. The second-order valence-electron chi connectivity index (χ2n) is 4.68. The summed E-state index contributed by atoms with van der Waals surface area (Å²) in [7, 11) is 0. The van der Waals surface area contributed by atoms with Crippen LogP contribution in [0, 0.1) is 6.92 Å². The van der Waals surface area contributed by atoms with Crippen LogP contribution in [0.25, 0.3) is 0 Å². The van der Waals surface area contributed by atoms with Crippen LogP contribution in [0.2, 0.25) is 5.02 Å². The third-order valence-electron chi connectivity index (χ3n) is 2.81. The van der Waals surface area contributed by atoms with E-state index in [4.69, 9.17) is 16.3 Å². The Bertz CT molecular complexity index is 717. The number of hydrogen-bond acceptors (Lipinski definition) is 4. The van der Waals surface area contributed by atoms with Crippen LogP contribution in [0.15, 0.2) is 18.2 Å². The minimum Gasteiger partial charge on any atom is -0.481 e. The topological polar surface area (TPSA) is 79.9 Å². The molecule has 1 amide bonds. The maximum absolute atomic E-state index is 12.4. The third kappa shape index (κ3) is 4.35. The largest absolute Gasteiger partial charge is 0.481 e. The number of carbonyl (C=O) groups excluding carboxylic acids is 1. The maximum Gasteiger partial charge on any atom is 0.451 e. The molecule has 1 aromatic carbocycles. The SMILES string of the molecule is Cc1cc(Cl)ccc1OC(C)C(=O)Nc1nnc(C(F)(F)F)[nH]1. The molecule has 0 saturated heterocycles. The van der Waals surface area contributed by atoms with E-state index in [1.807, 2.05) is 4.98 Å². The lowest BCUT2D eigenvalue weighted by Gasteiger charge is -2.15. The van der Waals surface area contributed by atoms with Gasteiger partial charge in [0.05, 0.1) is 0 Å². The van der Waals surface area contributed by atoms with Crippen LogP contribution in [0.5, 0.6) is 5.75 Å². The van der Waals surface area contributed by atoms with Crippen molar-refractivity contribution < 1.29 is 22.7 Å². The Morgan fingerprint density at radius 2 is 2.09 bits per heavy atom. The smallest absolute Gasteiger partial charge is 0.451 e. The van der Waals surface area contributed by atoms with Crippen molar-refractivity contribution in [3.8, 4) is 5.75 Å². The highest BCUT2D eigenvalue weighted by Crippen LogP contribution is 2.26. The van der Waals surface area contributed by atoms with Gasteiger partial charge in [-0.2, -0.15) is 13.2 Å². The standard InChI is InChI=1S/C13H12ClF3N4O2/c1-6-5-8(14)3-4-9(6)23-7(2)10(22)18-12-19-11(20-21-12)13(15,16)17/h3-5,7H,1-2H3,(H2,18,19,20,21,22). The number of nitrogens with one attached hydrogen (secondary N) is 2. The van der Waals surface area contributed by atoms with Crippen LogP contribution in [0.1, 0.15) is 18.3 Å². The molecule has 2 rings (SSSR count). The predicted molar refractivity (Wildman–Crippen MR) is 76.3 cm³/mol. The normalized spacial score (nSPS) is 12.8. The highest BCUT2D eigenvalue weighted by atomic mass is 35.5. The molecule has 10 heteroatoms. The van der Waals surface area contributed by atoms with Crippen LogP contribution in [0.4, 0.5) is 19.1 Å². The van der Waals surface area contributed by atoms with E-state index in [9.17, 15) is 18.0 Å². The predicted octanol–water partition coefficient (Wildman–Crippen LogP) is 3.19.